The van der Waals surface area contributed by atoms with Gasteiger partial charge in [0.05, 0.1) is 0 Å². The van der Waals surface area contributed by atoms with Crippen molar-refractivity contribution in [2.45, 2.75) is 27.2 Å². The van der Waals surface area contributed by atoms with Gasteiger partial charge in [-0.15, -0.1) is 10.8 Å². The second kappa shape index (κ2) is 7.34. The Hall–Kier alpha value is 0.230. The standard InChI is InChI=1S/C4H13NO2S.C2H6.H2/c1-3-4-5-8(2,6)7;1-2;/h5-7H,3-4H2,1-2H3;1-2H3;1H. The summed E-state index contributed by atoms with van der Waals surface area (Å²) in [6.07, 6.45) is 2.30. The maximum atomic E-state index is 8.68. The van der Waals surface area contributed by atoms with Gasteiger partial charge in [-0.25, -0.2) is 4.72 Å². The summed E-state index contributed by atoms with van der Waals surface area (Å²) >= 11 is 0. The van der Waals surface area contributed by atoms with Crippen molar-refractivity contribution in [3.05, 3.63) is 0 Å². The number of hydrogen-bond donors (Lipinski definition) is 3. The molecule has 0 amide bonds. The van der Waals surface area contributed by atoms with Crippen molar-refractivity contribution >= 4 is 10.8 Å². The first kappa shape index (κ1) is 12.9. The van der Waals surface area contributed by atoms with Crippen LogP contribution in [0, 0.1) is 0 Å². The normalized spacial score (nSPS) is 11.8. The molecule has 0 rings (SSSR count). The molecule has 0 atom stereocenters. The molecule has 0 aromatic heterocycles. The molecule has 0 aromatic rings. The summed E-state index contributed by atoms with van der Waals surface area (Å²) in [5, 5.41) is 0. The average Bonchev–Trinajstić information content (AvgIpc) is 1.87. The fraction of sp³-hybridized carbons (Fsp3) is 1.00. The van der Waals surface area contributed by atoms with Crippen LogP contribution in [-0.4, -0.2) is 21.9 Å². The van der Waals surface area contributed by atoms with Gasteiger partial charge < -0.3 is 0 Å². The predicted octanol–water partition coefficient (Wildman–Crippen LogP) is 2.55. The van der Waals surface area contributed by atoms with Crippen LogP contribution in [0.2, 0.25) is 0 Å². The highest BCUT2D eigenvalue weighted by Gasteiger charge is 1.97. The topological polar surface area (TPSA) is 52.5 Å². The Balaban J connectivity index is -0.000000196. The molecule has 3 nitrogen and oxygen atoms in total. The fourth-order valence-corrected chi connectivity index (χ4v) is 0.886. The molecule has 3 N–H and O–H groups in total. The second-order valence-electron chi connectivity index (χ2n) is 1.73. The molecule has 10 heavy (non-hydrogen) atoms. The van der Waals surface area contributed by atoms with Crippen molar-refractivity contribution in [2.24, 2.45) is 0 Å². The monoisotopic (exact) mass is 171 g/mol. The van der Waals surface area contributed by atoms with E-state index in [1.54, 1.807) is 0 Å². The molecule has 0 radical (unpaired) electrons. The molecule has 0 aliphatic heterocycles. The zero-order valence-electron chi connectivity index (χ0n) is 7.22. The van der Waals surface area contributed by atoms with E-state index in [1.165, 1.54) is 6.26 Å². The lowest BCUT2D eigenvalue weighted by molar-refractivity contribution is 0.478. The van der Waals surface area contributed by atoms with Crippen molar-refractivity contribution in [3.8, 4) is 0 Å². The van der Waals surface area contributed by atoms with Crippen molar-refractivity contribution in [1.82, 2.24) is 4.72 Å². The highest BCUT2D eigenvalue weighted by Crippen LogP contribution is 2.26. The number of hydrogen-bond acceptors (Lipinski definition) is 3. The summed E-state index contributed by atoms with van der Waals surface area (Å²) < 4.78 is 19.9. The minimum Gasteiger partial charge on any atom is -0.286 e. The van der Waals surface area contributed by atoms with Gasteiger partial charge in [0.15, 0.2) is 0 Å². The maximum absolute atomic E-state index is 8.68. The van der Waals surface area contributed by atoms with E-state index in [1.807, 2.05) is 20.8 Å². The van der Waals surface area contributed by atoms with Crippen molar-refractivity contribution in [3.63, 3.8) is 0 Å². The molecule has 0 spiro atoms. The third kappa shape index (κ3) is 15.7. The molecule has 0 saturated heterocycles. The minimum atomic E-state index is -2.44. The van der Waals surface area contributed by atoms with Crippen LogP contribution in [0.1, 0.15) is 28.6 Å². The van der Waals surface area contributed by atoms with E-state index >= 15 is 0 Å². The van der Waals surface area contributed by atoms with E-state index in [0.29, 0.717) is 6.54 Å². The van der Waals surface area contributed by atoms with Gasteiger partial charge in [0.1, 0.15) is 0 Å². The Morgan fingerprint density at radius 1 is 1.40 bits per heavy atom. The van der Waals surface area contributed by atoms with Crippen LogP contribution >= 0.6 is 10.8 Å². The molecule has 0 heterocycles. The zero-order chi connectivity index (χ0) is 8.62. The van der Waals surface area contributed by atoms with Crippen molar-refractivity contribution < 1.29 is 10.5 Å². The molecule has 0 aliphatic carbocycles. The molecule has 0 aliphatic rings. The molecule has 0 bridgehead atoms. The van der Waals surface area contributed by atoms with Gasteiger partial charge in [0, 0.05) is 14.2 Å². The van der Waals surface area contributed by atoms with Crippen LogP contribution in [0.25, 0.3) is 0 Å². The van der Waals surface area contributed by atoms with Gasteiger partial charge >= 0.3 is 0 Å². The SMILES string of the molecule is CC.CCCNS(C)(O)O.[HH]. The number of nitrogens with one attached hydrogen (secondary N) is 1. The predicted molar refractivity (Wildman–Crippen MR) is 50.5 cm³/mol. The Labute approximate surface area is 66.8 Å². The summed E-state index contributed by atoms with van der Waals surface area (Å²) in [4.78, 5) is 0. The van der Waals surface area contributed by atoms with E-state index in [0.717, 1.165) is 6.42 Å². The zero-order valence-corrected chi connectivity index (χ0v) is 8.03. The summed E-state index contributed by atoms with van der Waals surface area (Å²) in [6, 6.07) is 0. The third-order valence-electron chi connectivity index (χ3n) is 0.625. The first-order valence-corrected chi connectivity index (χ1v) is 5.49. The van der Waals surface area contributed by atoms with Gasteiger partial charge in [-0.3, -0.25) is 9.11 Å². The van der Waals surface area contributed by atoms with Gasteiger partial charge in [0.2, 0.25) is 0 Å². The Morgan fingerprint density at radius 3 is 1.90 bits per heavy atom. The van der Waals surface area contributed by atoms with E-state index in [2.05, 4.69) is 4.72 Å². The minimum absolute atomic E-state index is 0. The van der Waals surface area contributed by atoms with Gasteiger partial charge in [-0.1, -0.05) is 20.8 Å². The summed E-state index contributed by atoms with van der Waals surface area (Å²) in [5.74, 6) is 0. The molecule has 4 heteroatoms. The summed E-state index contributed by atoms with van der Waals surface area (Å²) in [6.45, 7) is 6.64. The van der Waals surface area contributed by atoms with E-state index in [9.17, 15) is 0 Å². The Kier molecular flexibility index (Phi) is 9.44. The average molecular weight is 171 g/mol. The molecule has 0 fully saturated rings. The quantitative estimate of drug-likeness (QED) is 0.611. The molecule has 0 unspecified atom stereocenters. The lowest BCUT2D eigenvalue weighted by Gasteiger charge is -2.27. The lowest BCUT2D eigenvalue weighted by Crippen LogP contribution is -2.18. The molecule has 68 valence electrons. The first-order chi connectivity index (χ1) is 4.56. The summed E-state index contributed by atoms with van der Waals surface area (Å²) in [5.41, 5.74) is 0. The van der Waals surface area contributed by atoms with Crippen LogP contribution < -0.4 is 4.72 Å². The Bertz CT molecular complexity index is 68.1. The summed E-state index contributed by atoms with van der Waals surface area (Å²) in [7, 11) is -2.44. The van der Waals surface area contributed by atoms with Gasteiger partial charge in [-0.2, -0.15) is 0 Å². The van der Waals surface area contributed by atoms with E-state index < -0.39 is 10.8 Å². The molecule has 0 saturated carbocycles. The fourth-order valence-electron chi connectivity index (χ4n) is 0.295. The van der Waals surface area contributed by atoms with Crippen molar-refractivity contribution in [1.29, 1.82) is 0 Å². The van der Waals surface area contributed by atoms with Gasteiger partial charge in [-0.05, 0) is 6.42 Å². The van der Waals surface area contributed by atoms with Gasteiger partial charge in [0.25, 0.3) is 0 Å². The largest absolute Gasteiger partial charge is 0.286 e. The molecular formula is C6H21NO2S. The van der Waals surface area contributed by atoms with Crippen molar-refractivity contribution in [2.75, 3.05) is 12.8 Å². The van der Waals surface area contributed by atoms with E-state index in [-0.39, 0.29) is 1.43 Å². The van der Waals surface area contributed by atoms with Crippen LogP contribution in [0.5, 0.6) is 0 Å². The molecular weight excluding hydrogens is 150 g/mol. The smallest absolute Gasteiger partial charge is 0.0416 e. The van der Waals surface area contributed by atoms with E-state index in [4.69, 9.17) is 9.11 Å². The van der Waals surface area contributed by atoms with Crippen LogP contribution in [0.15, 0.2) is 0 Å². The third-order valence-corrected chi connectivity index (χ3v) is 1.38. The highest BCUT2D eigenvalue weighted by molar-refractivity contribution is 8.22. The maximum Gasteiger partial charge on any atom is 0.0416 e. The molecule has 0 aromatic carbocycles. The lowest BCUT2D eigenvalue weighted by atomic mass is 10.5. The number of rotatable bonds is 3. The van der Waals surface area contributed by atoms with Crippen LogP contribution in [-0.2, 0) is 0 Å². The second-order valence-corrected chi connectivity index (χ2v) is 3.68. The Morgan fingerprint density at radius 2 is 1.80 bits per heavy atom. The first-order valence-electron chi connectivity index (χ1n) is 3.54. The highest BCUT2D eigenvalue weighted by atomic mass is 32.3. The van der Waals surface area contributed by atoms with Crippen LogP contribution in [0.3, 0.4) is 0 Å². The van der Waals surface area contributed by atoms with Crippen LogP contribution in [0.4, 0.5) is 0 Å².